The molecular weight excluding hydrogens is 313 g/mol. The van der Waals surface area contributed by atoms with E-state index in [2.05, 4.69) is 19.6 Å². The first-order chi connectivity index (χ1) is 9.20. The van der Waals surface area contributed by atoms with Gasteiger partial charge in [-0.2, -0.15) is 0 Å². The number of carboxylic acid groups (broad SMARTS) is 1. The van der Waals surface area contributed by atoms with Crippen LogP contribution in [0.2, 0.25) is 25.7 Å². The van der Waals surface area contributed by atoms with E-state index in [9.17, 15) is 9.59 Å². The Morgan fingerprint density at radius 3 is 2.24 bits per heavy atom. The number of carboxylic acids is 1. The molecule has 21 heavy (non-hydrogen) atoms. The molecule has 5 nitrogen and oxygen atoms in total. The Hall–Kier alpha value is 0.753. The molecule has 118 valence electrons. The van der Waals surface area contributed by atoms with Crippen LogP contribution in [-0.2, 0) is 14.3 Å². The summed E-state index contributed by atoms with van der Waals surface area (Å²) in [4.78, 5) is 22.8. The van der Waals surface area contributed by atoms with Crippen molar-refractivity contribution in [3.63, 3.8) is 0 Å². The quantitative estimate of drug-likeness (QED) is 0.488. The molecule has 3 N–H and O–H groups in total. The van der Waals surface area contributed by atoms with Gasteiger partial charge in [0.15, 0.2) is 0 Å². The average Bonchev–Trinajstić information content (AvgIpc) is 2.36. The minimum Gasteiger partial charge on any atom is -1.00 e. The minimum atomic E-state index is -1.20. The smallest absolute Gasteiger partial charge is 1.00 e. The summed E-state index contributed by atoms with van der Waals surface area (Å²) >= 11 is 0. The molecule has 0 radical (unpaired) electrons. The number of carbonyl (C=O) groups is 2. The molecule has 0 saturated heterocycles. The molecule has 1 saturated carbocycles. The predicted octanol–water partition coefficient (Wildman–Crippen LogP) is -0.797. The molecule has 1 fully saturated rings. The van der Waals surface area contributed by atoms with Crippen molar-refractivity contribution in [2.45, 2.75) is 57.4 Å². The Kier molecular flexibility index (Phi) is 10.1. The van der Waals surface area contributed by atoms with E-state index in [1.807, 2.05) is 0 Å². The molecule has 0 bridgehead atoms. The second-order valence-electron chi connectivity index (χ2n) is 6.95. The predicted molar refractivity (Wildman–Crippen MR) is 81.3 cm³/mol. The first-order valence-electron chi connectivity index (χ1n) is 7.36. The van der Waals surface area contributed by atoms with Gasteiger partial charge in [0.2, 0.25) is 0 Å². The van der Waals surface area contributed by atoms with Crippen molar-refractivity contribution < 1.29 is 72.2 Å². The summed E-state index contributed by atoms with van der Waals surface area (Å²) < 4.78 is 5.26. The third-order valence-electron chi connectivity index (χ3n) is 4.00. The SMILES string of the molecule is C[Si](C)(C)CCOC(=O)C(N)C1CCC(C(=O)O)CC1.[H-].[K+]. The largest absolute Gasteiger partial charge is 1.00 e. The van der Waals surface area contributed by atoms with E-state index < -0.39 is 20.1 Å². The zero-order valence-corrected chi connectivity index (χ0v) is 17.8. The minimum absolute atomic E-state index is 0. The van der Waals surface area contributed by atoms with Crippen LogP contribution in [0.5, 0.6) is 0 Å². The summed E-state index contributed by atoms with van der Waals surface area (Å²) in [7, 11) is -1.20. The summed E-state index contributed by atoms with van der Waals surface area (Å²) in [5.41, 5.74) is 5.95. The van der Waals surface area contributed by atoms with Crippen LogP contribution in [0.15, 0.2) is 0 Å². The van der Waals surface area contributed by atoms with Crippen molar-refractivity contribution in [3.05, 3.63) is 0 Å². The van der Waals surface area contributed by atoms with E-state index in [4.69, 9.17) is 15.6 Å². The van der Waals surface area contributed by atoms with Gasteiger partial charge in [-0.25, -0.2) is 0 Å². The number of carbonyl (C=O) groups excluding carboxylic acids is 1. The second kappa shape index (κ2) is 9.79. The van der Waals surface area contributed by atoms with E-state index in [1.165, 1.54) is 0 Å². The van der Waals surface area contributed by atoms with Crippen molar-refractivity contribution in [2.24, 2.45) is 17.6 Å². The van der Waals surface area contributed by atoms with Crippen molar-refractivity contribution in [2.75, 3.05) is 6.61 Å². The summed E-state index contributed by atoms with van der Waals surface area (Å²) in [5, 5.41) is 8.95. The fourth-order valence-corrected chi connectivity index (χ4v) is 3.19. The number of rotatable bonds is 6. The Labute approximate surface area is 172 Å². The number of esters is 1. The maximum Gasteiger partial charge on any atom is 1.00 e. The molecule has 1 aliphatic rings. The maximum atomic E-state index is 11.9. The molecule has 1 rings (SSSR count). The van der Waals surface area contributed by atoms with Gasteiger partial charge < -0.3 is 17.0 Å². The molecule has 0 aliphatic heterocycles. The van der Waals surface area contributed by atoms with E-state index in [-0.39, 0.29) is 70.6 Å². The Morgan fingerprint density at radius 2 is 1.81 bits per heavy atom. The first-order valence-corrected chi connectivity index (χ1v) is 11.1. The molecular formula is C14H28KNO4Si. The van der Waals surface area contributed by atoms with Gasteiger partial charge in [-0.3, -0.25) is 9.59 Å². The van der Waals surface area contributed by atoms with Gasteiger partial charge in [0.05, 0.1) is 12.5 Å². The Morgan fingerprint density at radius 1 is 1.29 bits per heavy atom. The molecule has 1 atom stereocenters. The average molecular weight is 342 g/mol. The normalized spacial score (nSPS) is 23.8. The fourth-order valence-electron chi connectivity index (χ4n) is 2.47. The zero-order valence-electron chi connectivity index (χ0n) is 14.7. The summed E-state index contributed by atoms with van der Waals surface area (Å²) in [6, 6.07) is 0.336. The van der Waals surface area contributed by atoms with E-state index in [0.29, 0.717) is 32.3 Å². The van der Waals surface area contributed by atoms with Gasteiger partial charge in [0.25, 0.3) is 0 Å². The number of hydrogen-bond acceptors (Lipinski definition) is 4. The van der Waals surface area contributed by atoms with Crippen LogP contribution >= 0.6 is 0 Å². The van der Waals surface area contributed by atoms with Crippen LogP contribution in [0.3, 0.4) is 0 Å². The molecule has 0 aromatic carbocycles. The van der Waals surface area contributed by atoms with Gasteiger partial charge >= 0.3 is 63.3 Å². The standard InChI is InChI=1S/C14H27NO4Si.K.H/c1-20(2,3)9-8-19-14(18)12(15)10-4-6-11(7-5-10)13(16)17;;/h10-12H,4-9,15H2,1-3H3,(H,16,17);;/q;+1;-1. The van der Waals surface area contributed by atoms with Crippen LogP contribution in [0.1, 0.15) is 27.1 Å². The second-order valence-corrected chi connectivity index (χ2v) is 12.6. The van der Waals surface area contributed by atoms with Crippen molar-refractivity contribution in [3.8, 4) is 0 Å². The number of aliphatic carboxylic acids is 1. The molecule has 0 aromatic heterocycles. The molecule has 0 amide bonds. The van der Waals surface area contributed by atoms with Crippen LogP contribution in [0, 0.1) is 11.8 Å². The zero-order chi connectivity index (χ0) is 15.3. The Bertz CT molecular complexity index is 357. The van der Waals surface area contributed by atoms with Crippen molar-refractivity contribution in [1.82, 2.24) is 0 Å². The summed E-state index contributed by atoms with van der Waals surface area (Å²) in [6.45, 7) is 7.14. The number of ether oxygens (including phenoxy) is 1. The monoisotopic (exact) mass is 341 g/mol. The van der Waals surface area contributed by atoms with Crippen LogP contribution < -0.4 is 57.1 Å². The van der Waals surface area contributed by atoms with Gasteiger partial charge in [0, 0.05) is 8.07 Å². The van der Waals surface area contributed by atoms with Crippen molar-refractivity contribution in [1.29, 1.82) is 0 Å². The first kappa shape index (κ1) is 21.8. The maximum absolute atomic E-state index is 11.9. The van der Waals surface area contributed by atoms with Crippen molar-refractivity contribution >= 4 is 20.0 Å². The van der Waals surface area contributed by atoms with Gasteiger partial charge in [-0.1, -0.05) is 19.6 Å². The number of hydrogen-bond donors (Lipinski definition) is 2. The third-order valence-corrected chi connectivity index (χ3v) is 5.70. The van der Waals surface area contributed by atoms with Gasteiger partial charge in [-0.05, 0) is 37.6 Å². The molecule has 0 spiro atoms. The molecule has 0 aromatic rings. The molecule has 1 aliphatic carbocycles. The Balaban J connectivity index is 0. The molecule has 0 heterocycles. The van der Waals surface area contributed by atoms with Gasteiger partial charge in [-0.15, -0.1) is 0 Å². The van der Waals surface area contributed by atoms with Crippen LogP contribution in [-0.4, -0.2) is 37.8 Å². The van der Waals surface area contributed by atoms with E-state index >= 15 is 0 Å². The topological polar surface area (TPSA) is 89.6 Å². The van der Waals surface area contributed by atoms with Crippen LogP contribution in [0.25, 0.3) is 0 Å². The molecule has 7 heteroatoms. The molecule has 1 unspecified atom stereocenters. The summed E-state index contributed by atoms with van der Waals surface area (Å²) in [6.07, 6.45) is 2.61. The summed E-state index contributed by atoms with van der Waals surface area (Å²) in [5.74, 6) is -1.29. The van der Waals surface area contributed by atoms with E-state index in [0.717, 1.165) is 6.04 Å². The number of nitrogens with two attached hydrogens (primary N) is 1. The van der Waals surface area contributed by atoms with E-state index in [1.54, 1.807) is 0 Å². The fraction of sp³-hybridized carbons (Fsp3) is 0.857. The third kappa shape index (κ3) is 8.24. The van der Waals surface area contributed by atoms with Crippen LogP contribution in [0.4, 0.5) is 0 Å². The van der Waals surface area contributed by atoms with Gasteiger partial charge in [0.1, 0.15) is 6.04 Å².